The van der Waals surface area contributed by atoms with Gasteiger partial charge in [-0.05, 0) is 35.7 Å². The summed E-state index contributed by atoms with van der Waals surface area (Å²) in [6.07, 6.45) is 4.52. The lowest BCUT2D eigenvalue weighted by Gasteiger charge is -2.17. The van der Waals surface area contributed by atoms with Crippen LogP contribution >= 0.6 is 0 Å². The third-order valence-electron chi connectivity index (χ3n) is 4.95. The number of pyridine rings is 1. The maximum Gasteiger partial charge on any atom is 0.231 e. The van der Waals surface area contributed by atoms with Gasteiger partial charge in [0.15, 0.2) is 0 Å². The second kappa shape index (κ2) is 9.13. The number of anilines is 1. The van der Waals surface area contributed by atoms with E-state index in [-0.39, 0.29) is 11.8 Å². The Morgan fingerprint density at radius 3 is 2.50 bits per heavy atom. The highest BCUT2D eigenvalue weighted by atomic mass is 16.5. The van der Waals surface area contributed by atoms with E-state index >= 15 is 0 Å². The van der Waals surface area contributed by atoms with Crippen molar-refractivity contribution in [3.05, 3.63) is 96.1 Å². The number of nitrogens with zero attached hydrogens (tertiary/aromatic N) is 3. The Hall–Kier alpha value is -3.80. The number of aromatic nitrogens is 3. The molecule has 2 heterocycles. The van der Waals surface area contributed by atoms with Gasteiger partial charge in [-0.2, -0.15) is 4.98 Å². The molecule has 0 aliphatic heterocycles. The fourth-order valence-corrected chi connectivity index (χ4v) is 3.38. The van der Waals surface area contributed by atoms with Gasteiger partial charge in [0.05, 0.1) is 12.3 Å². The summed E-state index contributed by atoms with van der Waals surface area (Å²) >= 11 is 0. The summed E-state index contributed by atoms with van der Waals surface area (Å²) < 4.78 is 5.43. The van der Waals surface area contributed by atoms with Crippen LogP contribution in [0.4, 0.5) is 5.69 Å². The number of amides is 1. The number of hydrogen-bond acceptors (Lipinski definition) is 5. The summed E-state index contributed by atoms with van der Waals surface area (Å²) in [7, 11) is 0. The molecule has 1 N–H and O–H groups in total. The van der Waals surface area contributed by atoms with E-state index in [1.54, 1.807) is 12.4 Å². The van der Waals surface area contributed by atoms with Crippen molar-refractivity contribution in [1.29, 1.82) is 0 Å². The smallest absolute Gasteiger partial charge is 0.231 e. The molecule has 1 atom stereocenters. The van der Waals surface area contributed by atoms with Crippen LogP contribution in [0.25, 0.3) is 11.4 Å². The van der Waals surface area contributed by atoms with Crippen molar-refractivity contribution in [2.75, 3.05) is 5.32 Å². The second-order valence-corrected chi connectivity index (χ2v) is 6.94. The van der Waals surface area contributed by atoms with Gasteiger partial charge in [0, 0.05) is 23.6 Å². The van der Waals surface area contributed by atoms with E-state index in [1.165, 1.54) is 0 Å². The second-order valence-electron chi connectivity index (χ2n) is 6.94. The van der Waals surface area contributed by atoms with Gasteiger partial charge in [0.2, 0.25) is 17.6 Å². The average molecular weight is 398 g/mol. The lowest BCUT2D eigenvalue weighted by atomic mass is 9.95. The molecule has 2 aromatic heterocycles. The van der Waals surface area contributed by atoms with Gasteiger partial charge < -0.3 is 9.84 Å². The molecular weight excluding hydrogens is 376 g/mol. The molecule has 30 heavy (non-hydrogen) atoms. The largest absolute Gasteiger partial charge is 0.339 e. The molecule has 6 nitrogen and oxygen atoms in total. The molecule has 2 aromatic carbocycles. The van der Waals surface area contributed by atoms with Crippen molar-refractivity contribution in [1.82, 2.24) is 15.1 Å². The highest BCUT2D eigenvalue weighted by Crippen LogP contribution is 2.25. The highest BCUT2D eigenvalue weighted by molar-refractivity contribution is 5.96. The molecule has 4 rings (SSSR count). The summed E-state index contributed by atoms with van der Waals surface area (Å²) in [5.74, 6) is 0.766. The Bertz CT molecular complexity index is 1110. The first-order chi connectivity index (χ1) is 14.7. The number of carbonyl (C=O) groups is 1. The maximum absolute atomic E-state index is 13.0. The molecule has 6 heteroatoms. The minimum Gasteiger partial charge on any atom is -0.339 e. The minimum atomic E-state index is -0.207. The Morgan fingerprint density at radius 2 is 1.73 bits per heavy atom. The van der Waals surface area contributed by atoms with Crippen LogP contribution in [0.2, 0.25) is 0 Å². The molecular formula is C24H22N4O2. The van der Waals surface area contributed by atoms with Crippen LogP contribution in [-0.4, -0.2) is 21.0 Å². The van der Waals surface area contributed by atoms with Gasteiger partial charge in [-0.1, -0.05) is 60.6 Å². The van der Waals surface area contributed by atoms with Crippen LogP contribution < -0.4 is 5.32 Å². The molecule has 0 bridgehead atoms. The Morgan fingerprint density at radius 1 is 1.00 bits per heavy atom. The number of rotatable bonds is 7. The number of carbonyl (C=O) groups excluding carboxylic acids is 1. The topological polar surface area (TPSA) is 80.9 Å². The third-order valence-corrected chi connectivity index (χ3v) is 4.95. The van der Waals surface area contributed by atoms with E-state index in [1.807, 2.05) is 73.7 Å². The molecule has 0 radical (unpaired) electrons. The first-order valence-corrected chi connectivity index (χ1v) is 9.91. The van der Waals surface area contributed by atoms with Crippen molar-refractivity contribution in [3.63, 3.8) is 0 Å². The van der Waals surface area contributed by atoms with E-state index in [0.717, 1.165) is 28.8 Å². The zero-order valence-corrected chi connectivity index (χ0v) is 16.7. The van der Waals surface area contributed by atoms with Crippen molar-refractivity contribution in [3.8, 4) is 11.4 Å². The number of benzene rings is 2. The van der Waals surface area contributed by atoms with Crippen LogP contribution in [-0.2, 0) is 11.2 Å². The van der Waals surface area contributed by atoms with E-state index in [9.17, 15) is 4.79 Å². The fourth-order valence-electron chi connectivity index (χ4n) is 3.38. The van der Waals surface area contributed by atoms with Gasteiger partial charge in [-0.3, -0.25) is 9.78 Å². The molecule has 1 amide bonds. The average Bonchev–Trinajstić information content (AvgIpc) is 3.26. The monoisotopic (exact) mass is 398 g/mol. The van der Waals surface area contributed by atoms with E-state index in [0.29, 0.717) is 18.1 Å². The first kappa shape index (κ1) is 19.5. The van der Waals surface area contributed by atoms with Gasteiger partial charge in [-0.15, -0.1) is 0 Å². The lowest BCUT2D eigenvalue weighted by molar-refractivity contribution is -0.117. The quantitative estimate of drug-likeness (QED) is 0.481. The maximum atomic E-state index is 13.0. The molecule has 0 aliphatic rings. The van der Waals surface area contributed by atoms with Crippen LogP contribution in [0.15, 0.2) is 83.6 Å². The van der Waals surface area contributed by atoms with Crippen LogP contribution in [0, 0.1) is 0 Å². The molecule has 1 unspecified atom stereocenters. The predicted molar refractivity (Wildman–Crippen MR) is 115 cm³/mol. The van der Waals surface area contributed by atoms with Gasteiger partial charge in [0.25, 0.3) is 0 Å². The van der Waals surface area contributed by atoms with Gasteiger partial charge in [0.1, 0.15) is 0 Å². The summed E-state index contributed by atoms with van der Waals surface area (Å²) in [6.45, 7) is 2.02. The van der Waals surface area contributed by atoms with Crippen LogP contribution in [0.3, 0.4) is 0 Å². The van der Waals surface area contributed by atoms with Crippen LogP contribution in [0.1, 0.15) is 36.3 Å². The highest BCUT2D eigenvalue weighted by Gasteiger charge is 2.20. The summed E-state index contributed by atoms with van der Waals surface area (Å²) in [4.78, 5) is 21.4. The Kier molecular flexibility index (Phi) is 5.94. The summed E-state index contributed by atoms with van der Waals surface area (Å²) in [5, 5.41) is 7.13. The van der Waals surface area contributed by atoms with Crippen molar-refractivity contribution in [2.24, 2.45) is 0 Å². The molecule has 0 saturated heterocycles. The molecule has 150 valence electrons. The predicted octanol–water partition coefficient (Wildman–Crippen LogP) is 4.85. The van der Waals surface area contributed by atoms with E-state index in [4.69, 9.17) is 4.52 Å². The van der Waals surface area contributed by atoms with E-state index in [2.05, 4.69) is 20.4 Å². The van der Waals surface area contributed by atoms with Crippen LogP contribution in [0.5, 0.6) is 0 Å². The van der Waals surface area contributed by atoms with Gasteiger partial charge >= 0.3 is 0 Å². The molecule has 0 spiro atoms. The number of hydrogen-bond donors (Lipinski definition) is 1. The normalized spacial score (nSPS) is 11.8. The Balaban J connectivity index is 1.52. The van der Waals surface area contributed by atoms with Crippen molar-refractivity contribution >= 4 is 11.6 Å². The third kappa shape index (κ3) is 4.43. The SMILES string of the molecule is CCC(C(=O)Nc1ccccc1Cc1nc(-c2ccncc2)no1)c1ccccc1. The Labute approximate surface area is 175 Å². The van der Waals surface area contributed by atoms with Crippen molar-refractivity contribution < 1.29 is 9.32 Å². The zero-order valence-electron chi connectivity index (χ0n) is 16.7. The minimum absolute atomic E-state index is 0.0286. The molecule has 4 aromatic rings. The van der Waals surface area contributed by atoms with Crippen molar-refractivity contribution in [2.45, 2.75) is 25.7 Å². The molecule has 0 fully saturated rings. The number of para-hydroxylation sites is 1. The first-order valence-electron chi connectivity index (χ1n) is 9.91. The van der Waals surface area contributed by atoms with Gasteiger partial charge in [-0.25, -0.2) is 0 Å². The zero-order chi connectivity index (χ0) is 20.8. The summed E-state index contributed by atoms with van der Waals surface area (Å²) in [5.41, 5.74) is 3.52. The van der Waals surface area contributed by atoms with E-state index < -0.39 is 0 Å². The lowest BCUT2D eigenvalue weighted by Crippen LogP contribution is -2.21. The molecule has 0 aliphatic carbocycles. The summed E-state index contributed by atoms with van der Waals surface area (Å²) in [6, 6.07) is 21.2. The fraction of sp³-hybridized carbons (Fsp3) is 0.167. The standard InChI is InChI=1S/C24H22N4O2/c1-2-20(17-8-4-3-5-9-17)24(29)26-21-11-7-6-10-19(21)16-22-27-23(28-30-22)18-12-14-25-15-13-18/h3-15,20H,2,16H2,1H3,(H,26,29). The number of nitrogens with one attached hydrogen (secondary N) is 1. The molecule has 0 saturated carbocycles.